The molecular formula is C25H28N4O2S. The molecule has 3 heterocycles. The van der Waals surface area contributed by atoms with Crippen molar-refractivity contribution >= 4 is 28.8 Å². The van der Waals surface area contributed by atoms with Gasteiger partial charge in [-0.2, -0.15) is 5.10 Å². The molecule has 1 atom stereocenters. The second-order valence-electron chi connectivity index (χ2n) is 9.26. The van der Waals surface area contributed by atoms with Crippen molar-refractivity contribution in [1.82, 2.24) is 15.1 Å². The van der Waals surface area contributed by atoms with Gasteiger partial charge in [-0.05, 0) is 74.4 Å². The van der Waals surface area contributed by atoms with Gasteiger partial charge in [-0.25, -0.2) is 0 Å². The first-order chi connectivity index (χ1) is 15.3. The van der Waals surface area contributed by atoms with Crippen molar-refractivity contribution in [3.63, 3.8) is 0 Å². The summed E-state index contributed by atoms with van der Waals surface area (Å²) >= 11 is 1.59. The van der Waals surface area contributed by atoms with E-state index >= 15 is 0 Å². The number of rotatable bonds is 4. The van der Waals surface area contributed by atoms with Crippen LogP contribution in [0.4, 0.5) is 5.69 Å². The van der Waals surface area contributed by atoms with Crippen LogP contribution in [-0.2, 0) is 11.3 Å². The Hall–Kier alpha value is -2.93. The molecule has 0 spiro atoms. The van der Waals surface area contributed by atoms with Crippen molar-refractivity contribution in [2.45, 2.75) is 64.6 Å². The van der Waals surface area contributed by atoms with Crippen molar-refractivity contribution in [1.29, 1.82) is 0 Å². The minimum Gasteiger partial charge on any atom is -0.351 e. The lowest BCUT2D eigenvalue weighted by Crippen LogP contribution is -2.65. The van der Waals surface area contributed by atoms with E-state index in [4.69, 9.17) is 5.10 Å². The van der Waals surface area contributed by atoms with Gasteiger partial charge in [0.25, 0.3) is 5.91 Å². The van der Waals surface area contributed by atoms with Crippen LogP contribution in [0, 0.1) is 13.8 Å². The standard InChI is InChI=1S/C25H28N4O2S/c1-16-11-17(2)13-19(12-16)29-23(30)21-14-20(22-9-6-10-32-22)27-28(21)15-25(29,3)24(31)26-18-7-4-5-8-18/h6,9-14,18H,4-5,7-8,15H2,1-3H3,(H,26,31)/t25-/m0/s1. The molecule has 0 radical (unpaired) electrons. The molecule has 1 N–H and O–H groups in total. The number of aromatic nitrogens is 2. The first kappa shape index (κ1) is 20.9. The van der Waals surface area contributed by atoms with Crippen molar-refractivity contribution < 1.29 is 9.59 Å². The van der Waals surface area contributed by atoms with Gasteiger partial charge in [0.2, 0.25) is 5.91 Å². The highest BCUT2D eigenvalue weighted by molar-refractivity contribution is 7.13. The average Bonchev–Trinajstić information content (AvgIpc) is 3.48. The summed E-state index contributed by atoms with van der Waals surface area (Å²) in [5.41, 5.74) is 3.07. The summed E-state index contributed by atoms with van der Waals surface area (Å²) in [4.78, 5) is 30.2. The van der Waals surface area contributed by atoms with Crippen LogP contribution in [0.15, 0.2) is 41.8 Å². The van der Waals surface area contributed by atoms with Crippen molar-refractivity contribution in [3.05, 3.63) is 58.6 Å². The Labute approximate surface area is 192 Å². The minimum atomic E-state index is -1.08. The molecule has 1 aliphatic carbocycles. The van der Waals surface area contributed by atoms with Crippen molar-refractivity contribution in [3.8, 4) is 10.6 Å². The zero-order valence-electron chi connectivity index (χ0n) is 18.7. The van der Waals surface area contributed by atoms with E-state index in [0.29, 0.717) is 12.2 Å². The highest BCUT2D eigenvalue weighted by atomic mass is 32.1. The second-order valence-corrected chi connectivity index (χ2v) is 10.2. The zero-order chi connectivity index (χ0) is 22.5. The monoisotopic (exact) mass is 448 g/mol. The van der Waals surface area contributed by atoms with E-state index in [1.807, 2.05) is 56.5 Å². The van der Waals surface area contributed by atoms with E-state index < -0.39 is 5.54 Å². The van der Waals surface area contributed by atoms with Crippen LogP contribution in [-0.4, -0.2) is 33.2 Å². The maximum absolute atomic E-state index is 13.9. The highest BCUT2D eigenvalue weighted by Gasteiger charge is 2.49. The molecule has 2 aliphatic rings. The molecule has 2 aromatic heterocycles. The molecule has 1 fully saturated rings. The summed E-state index contributed by atoms with van der Waals surface area (Å²) in [6.07, 6.45) is 4.26. The summed E-state index contributed by atoms with van der Waals surface area (Å²) in [5, 5.41) is 9.94. The van der Waals surface area contributed by atoms with Crippen LogP contribution in [0.5, 0.6) is 0 Å². The van der Waals surface area contributed by atoms with E-state index in [0.717, 1.165) is 53.1 Å². The summed E-state index contributed by atoms with van der Waals surface area (Å²) in [6, 6.07) is 12.0. The van der Waals surface area contributed by atoms with E-state index in [2.05, 4.69) is 11.4 Å². The molecule has 32 heavy (non-hydrogen) atoms. The smallest absolute Gasteiger partial charge is 0.277 e. The predicted octanol–water partition coefficient (Wildman–Crippen LogP) is 4.71. The topological polar surface area (TPSA) is 67.2 Å². The molecule has 5 rings (SSSR count). The summed E-state index contributed by atoms with van der Waals surface area (Å²) in [7, 11) is 0. The molecule has 0 unspecified atom stereocenters. The van der Waals surface area contributed by atoms with Crippen LogP contribution in [0.25, 0.3) is 10.6 Å². The summed E-state index contributed by atoms with van der Waals surface area (Å²) < 4.78 is 1.71. The average molecular weight is 449 g/mol. The van der Waals surface area contributed by atoms with E-state index in [-0.39, 0.29) is 17.9 Å². The number of amides is 2. The van der Waals surface area contributed by atoms with E-state index in [9.17, 15) is 9.59 Å². The predicted molar refractivity (Wildman–Crippen MR) is 127 cm³/mol. The van der Waals surface area contributed by atoms with Crippen LogP contribution >= 0.6 is 11.3 Å². The van der Waals surface area contributed by atoms with Gasteiger partial charge in [-0.15, -0.1) is 11.3 Å². The number of benzene rings is 1. The lowest BCUT2D eigenvalue weighted by molar-refractivity contribution is -0.127. The molecule has 0 saturated heterocycles. The van der Waals surface area contributed by atoms with E-state index in [1.165, 1.54) is 0 Å². The molecule has 2 amide bonds. The van der Waals surface area contributed by atoms with Gasteiger partial charge >= 0.3 is 0 Å². The largest absolute Gasteiger partial charge is 0.351 e. The molecule has 1 saturated carbocycles. The highest BCUT2D eigenvalue weighted by Crippen LogP contribution is 2.36. The molecular weight excluding hydrogens is 420 g/mol. The molecule has 166 valence electrons. The number of carbonyl (C=O) groups excluding carboxylic acids is 2. The second kappa shape index (κ2) is 7.89. The number of nitrogens with one attached hydrogen (secondary N) is 1. The summed E-state index contributed by atoms with van der Waals surface area (Å²) in [6.45, 7) is 6.20. The number of hydrogen-bond donors (Lipinski definition) is 1. The molecule has 6 nitrogen and oxygen atoms in total. The zero-order valence-corrected chi connectivity index (χ0v) is 19.5. The van der Waals surface area contributed by atoms with Gasteiger partial charge in [-0.3, -0.25) is 19.2 Å². The fourth-order valence-corrected chi connectivity index (χ4v) is 5.70. The van der Waals surface area contributed by atoms with Gasteiger partial charge in [0.1, 0.15) is 16.9 Å². The number of anilines is 1. The fourth-order valence-electron chi connectivity index (χ4n) is 5.02. The first-order valence-corrected chi connectivity index (χ1v) is 12.1. The third-order valence-electron chi connectivity index (χ3n) is 6.57. The van der Waals surface area contributed by atoms with Gasteiger partial charge in [0, 0.05) is 11.7 Å². The Kier molecular flexibility index (Phi) is 5.16. The third-order valence-corrected chi connectivity index (χ3v) is 7.46. The third kappa shape index (κ3) is 3.54. The number of aryl methyl sites for hydroxylation is 2. The molecule has 7 heteroatoms. The quantitative estimate of drug-likeness (QED) is 0.629. The maximum Gasteiger partial charge on any atom is 0.277 e. The Morgan fingerprint density at radius 2 is 1.88 bits per heavy atom. The first-order valence-electron chi connectivity index (χ1n) is 11.2. The molecule has 3 aromatic rings. The molecule has 1 aliphatic heterocycles. The Balaban J connectivity index is 1.60. The SMILES string of the molecule is Cc1cc(C)cc(N2C(=O)c3cc(-c4cccs4)nn3C[C@@]2(C)C(=O)NC2CCCC2)c1. The number of fused-ring (bicyclic) bond motifs is 1. The van der Waals surface area contributed by atoms with Crippen molar-refractivity contribution in [2.24, 2.45) is 0 Å². The van der Waals surface area contributed by atoms with Crippen LogP contribution in [0.3, 0.4) is 0 Å². The van der Waals surface area contributed by atoms with Crippen LogP contribution in [0.1, 0.15) is 54.2 Å². The number of nitrogens with zero attached hydrogens (tertiary/aromatic N) is 3. The number of carbonyl (C=O) groups is 2. The van der Waals surface area contributed by atoms with Crippen LogP contribution < -0.4 is 10.2 Å². The maximum atomic E-state index is 13.9. The van der Waals surface area contributed by atoms with Gasteiger partial charge in [0.05, 0.1) is 11.4 Å². The van der Waals surface area contributed by atoms with E-state index in [1.54, 1.807) is 20.9 Å². The normalized spacial score (nSPS) is 21.1. The van der Waals surface area contributed by atoms with Crippen molar-refractivity contribution in [2.75, 3.05) is 4.90 Å². The molecule has 1 aromatic carbocycles. The Bertz CT molecular complexity index is 1160. The number of thiophene rings is 1. The fraction of sp³-hybridized carbons (Fsp3) is 0.400. The lowest BCUT2D eigenvalue weighted by atomic mass is 9.93. The molecule has 0 bridgehead atoms. The lowest BCUT2D eigenvalue weighted by Gasteiger charge is -2.43. The van der Waals surface area contributed by atoms with Crippen LogP contribution in [0.2, 0.25) is 0 Å². The number of hydrogen-bond acceptors (Lipinski definition) is 4. The van der Waals surface area contributed by atoms with Gasteiger partial charge < -0.3 is 5.32 Å². The summed E-state index contributed by atoms with van der Waals surface area (Å²) in [5.74, 6) is -0.309. The Morgan fingerprint density at radius 3 is 2.53 bits per heavy atom. The van der Waals surface area contributed by atoms with Gasteiger partial charge in [0.15, 0.2) is 0 Å². The Morgan fingerprint density at radius 1 is 1.16 bits per heavy atom. The minimum absolute atomic E-state index is 0.115. The van der Waals surface area contributed by atoms with Gasteiger partial charge in [-0.1, -0.05) is 25.0 Å².